The molecule has 2 aromatic rings. The van der Waals surface area contributed by atoms with Crippen LogP contribution in [0, 0.1) is 11.3 Å². The molecule has 4 heterocycles. The van der Waals surface area contributed by atoms with Crippen LogP contribution in [0.25, 0.3) is 0 Å². The van der Waals surface area contributed by atoms with Crippen LogP contribution in [0.1, 0.15) is 42.2 Å². The van der Waals surface area contributed by atoms with Gasteiger partial charge < -0.3 is 15.0 Å². The van der Waals surface area contributed by atoms with E-state index in [2.05, 4.69) is 11.4 Å². The van der Waals surface area contributed by atoms with Crippen molar-refractivity contribution >= 4 is 61.3 Å². The summed E-state index contributed by atoms with van der Waals surface area (Å²) < 4.78 is 33.2. The van der Waals surface area contributed by atoms with Crippen molar-refractivity contribution in [1.29, 1.82) is 5.26 Å². The molecule has 0 aromatic carbocycles. The average molecular weight is 543 g/mol. The van der Waals surface area contributed by atoms with Gasteiger partial charge in [-0.3, -0.25) is 4.79 Å². The van der Waals surface area contributed by atoms with E-state index in [0.717, 1.165) is 28.2 Å². The van der Waals surface area contributed by atoms with Crippen LogP contribution in [0.2, 0.25) is 4.34 Å². The van der Waals surface area contributed by atoms with Crippen molar-refractivity contribution in [3.63, 3.8) is 0 Å². The van der Waals surface area contributed by atoms with E-state index in [9.17, 15) is 23.3 Å². The maximum absolute atomic E-state index is 13.3. The maximum atomic E-state index is 13.3. The fourth-order valence-electron chi connectivity index (χ4n) is 4.18. The number of sulfonamides is 1. The molecule has 34 heavy (non-hydrogen) atoms. The van der Waals surface area contributed by atoms with Crippen molar-refractivity contribution < 1.29 is 22.7 Å². The first kappa shape index (κ1) is 24.9. The van der Waals surface area contributed by atoms with Crippen LogP contribution in [-0.2, 0) is 32.5 Å². The molecule has 1 unspecified atom stereocenters. The summed E-state index contributed by atoms with van der Waals surface area (Å²) in [5, 5.41) is 13.0. The minimum atomic E-state index is -3.88. The third kappa shape index (κ3) is 4.81. The first-order valence-electron chi connectivity index (χ1n) is 10.8. The molecule has 1 fully saturated rings. The maximum Gasteiger partial charge on any atom is 0.410 e. The van der Waals surface area contributed by atoms with Crippen molar-refractivity contribution in [2.24, 2.45) is 0 Å². The predicted molar refractivity (Wildman–Crippen MR) is 130 cm³/mol. The number of carbonyl (C=O) groups is 2. The number of nitrogens with zero attached hydrogens (tertiary/aromatic N) is 3. The van der Waals surface area contributed by atoms with Crippen molar-refractivity contribution in [3.8, 4) is 6.07 Å². The van der Waals surface area contributed by atoms with Crippen molar-refractivity contribution in [1.82, 2.24) is 9.21 Å². The number of nitriles is 1. The lowest BCUT2D eigenvalue weighted by Crippen LogP contribution is -2.49. The van der Waals surface area contributed by atoms with E-state index in [1.54, 1.807) is 11.8 Å². The molecule has 2 aliphatic rings. The largest absolute Gasteiger partial charge is 0.450 e. The van der Waals surface area contributed by atoms with Crippen molar-refractivity contribution in [2.45, 2.75) is 49.4 Å². The lowest BCUT2D eigenvalue weighted by atomic mass is 10.0. The molecular weight excluding hydrogens is 520 g/mol. The predicted octanol–water partition coefficient (Wildman–Crippen LogP) is 4.03. The van der Waals surface area contributed by atoms with Gasteiger partial charge in [-0.25, -0.2) is 13.2 Å². The molecule has 0 bridgehead atoms. The molecule has 9 nitrogen and oxygen atoms in total. The van der Waals surface area contributed by atoms with E-state index in [1.807, 2.05) is 0 Å². The molecule has 0 saturated carbocycles. The number of anilines is 1. The Balaban J connectivity index is 1.56. The molecule has 0 aliphatic carbocycles. The molecule has 1 N–H and O–H groups in total. The van der Waals surface area contributed by atoms with Gasteiger partial charge in [0, 0.05) is 18.0 Å². The molecule has 1 atom stereocenters. The number of nitrogens with one attached hydrogen (secondary N) is 1. The molecule has 0 spiro atoms. The van der Waals surface area contributed by atoms with Gasteiger partial charge in [0.2, 0.25) is 5.91 Å². The summed E-state index contributed by atoms with van der Waals surface area (Å²) in [6, 6.07) is 4.25. The number of piperidine rings is 1. The molecule has 1 saturated heterocycles. The number of hydrogen-bond donors (Lipinski definition) is 1. The van der Waals surface area contributed by atoms with Gasteiger partial charge in [0.15, 0.2) is 0 Å². The molecule has 182 valence electrons. The normalized spacial score (nSPS) is 18.7. The van der Waals surface area contributed by atoms with E-state index in [0.29, 0.717) is 47.3 Å². The Bertz CT molecular complexity index is 1250. The fourth-order valence-corrected chi connectivity index (χ4v) is 8.67. The van der Waals surface area contributed by atoms with Gasteiger partial charge in [-0.1, -0.05) is 18.0 Å². The van der Waals surface area contributed by atoms with Crippen LogP contribution in [0.15, 0.2) is 16.3 Å². The highest BCUT2D eigenvalue weighted by Gasteiger charge is 2.39. The Labute approximate surface area is 210 Å². The highest BCUT2D eigenvalue weighted by atomic mass is 35.5. The Morgan fingerprint density at radius 2 is 2.09 bits per heavy atom. The number of amides is 2. The third-order valence-electron chi connectivity index (χ3n) is 5.80. The number of carbonyl (C=O) groups excluding carboxylic acids is 2. The topological polar surface area (TPSA) is 120 Å². The summed E-state index contributed by atoms with van der Waals surface area (Å²) in [6.07, 6.45) is 1.82. The molecule has 2 aromatic heterocycles. The number of halogens is 1. The Morgan fingerprint density at radius 3 is 2.76 bits per heavy atom. The standard InChI is InChI=1S/C21H23ClN4O5S3/c1-2-31-21(28)25-10-8-13-14(11-23)20(32-16(13)12-25)24-19(27)15-5-3-4-9-26(15)34(29,30)18-7-6-17(22)33-18/h6-7,15H,2-5,8-10,12H2,1H3,(H,24,27). The minimum Gasteiger partial charge on any atom is -0.450 e. The second-order valence-electron chi connectivity index (χ2n) is 7.87. The van der Waals surface area contributed by atoms with Crippen LogP contribution < -0.4 is 5.32 Å². The fraction of sp³-hybridized carbons (Fsp3) is 0.476. The Kier molecular flexibility index (Phi) is 7.49. The van der Waals surface area contributed by atoms with E-state index in [4.69, 9.17) is 16.3 Å². The Morgan fingerprint density at radius 1 is 1.29 bits per heavy atom. The van der Waals surface area contributed by atoms with Crippen LogP contribution in [-0.4, -0.2) is 55.4 Å². The van der Waals surface area contributed by atoms with Gasteiger partial charge in [-0.05, 0) is 43.9 Å². The lowest BCUT2D eigenvalue weighted by molar-refractivity contribution is -0.120. The van der Waals surface area contributed by atoms with Gasteiger partial charge >= 0.3 is 6.09 Å². The highest BCUT2D eigenvalue weighted by Crippen LogP contribution is 2.38. The SMILES string of the molecule is CCOC(=O)N1CCc2c(sc(NC(=O)C3CCCCN3S(=O)(=O)c3ccc(Cl)s3)c2C#N)C1. The van der Waals surface area contributed by atoms with Crippen LogP contribution in [0.5, 0.6) is 0 Å². The van der Waals surface area contributed by atoms with Crippen LogP contribution >= 0.6 is 34.3 Å². The monoisotopic (exact) mass is 542 g/mol. The molecule has 13 heteroatoms. The summed E-state index contributed by atoms with van der Waals surface area (Å²) in [4.78, 5) is 27.8. The van der Waals surface area contributed by atoms with Crippen LogP contribution in [0.3, 0.4) is 0 Å². The molecule has 4 rings (SSSR count). The second kappa shape index (κ2) is 10.2. The van der Waals surface area contributed by atoms with E-state index in [-0.39, 0.29) is 17.4 Å². The molecular formula is C21H23ClN4O5S3. The van der Waals surface area contributed by atoms with Crippen molar-refractivity contribution in [2.75, 3.05) is 25.0 Å². The summed E-state index contributed by atoms with van der Waals surface area (Å²) in [6.45, 7) is 2.96. The second-order valence-corrected chi connectivity index (χ2v) is 12.8. The number of hydrogen-bond acceptors (Lipinski definition) is 8. The van der Waals surface area contributed by atoms with E-state index < -0.39 is 28.1 Å². The zero-order valence-corrected chi connectivity index (χ0v) is 21.6. The van der Waals surface area contributed by atoms with Gasteiger partial charge in [-0.15, -0.1) is 22.7 Å². The molecule has 2 amide bonds. The Hall–Kier alpha value is -2.17. The summed E-state index contributed by atoms with van der Waals surface area (Å²) in [5.74, 6) is -0.469. The summed E-state index contributed by atoms with van der Waals surface area (Å²) in [7, 11) is -3.88. The van der Waals surface area contributed by atoms with Gasteiger partial charge in [-0.2, -0.15) is 9.57 Å². The number of thiophene rings is 2. The zero-order valence-electron chi connectivity index (χ0n) is 18.4. The summed E-state index contributed by atoms with van der Waals surface area (Å²) in [5.41, 5.74) is 1.18. The average Bonchev–Trinajstić information content (AvgIpc) is 3.41. The molecule has 0 radical (unpaired) electrons. The number of ether oxygens (including phenoxy) is 1. The highest BCUT2D eigenvalue weighted by molar-refractivity contribution is 7.91. The quantitative estimate of drug-likeness (QED) is 0.609. The van der Waals surface area contributed by atoms with Gasteiger partial charge in [0.1, 0.15) is 21.3 Å². The summed E-state index contributed by atoms with van der Waals surface area (Å²) >= 11 is 8.13. The zero-order chi connectivity index (χ0) is 24.5. The van der Waals surface area contributed by atoms with Gasteiger partial charge in [0.25, 0.3) is 10.0 Å². The first-order chi connectivity index (χ1) is 16.3. The first-order valence-corrected chi connectivity index (χ1v) is 14.3. The number of rotatable bonds is 5. The lowest BCUT2D eigenvalue weighted by Gasteiger charge is -2.33. The minimum absolute atomic E-state index is 0.0977. The van der Waals surface area contributed by atoms with E-state index in [1.165, 1.54) is 27.8 Å². The smallest absolute Gasteiger partial charge is 0.410 e. The van der Waals surface area contributed by atoms with Crippen LogP contribution in [0.4, 0.5) is 9.80 Å². The van der Waals surface area contributed by atoms with Crippen molar-refractivity contribution in [3.05, 3.63) is 32.5 Å². The van der Waals surface area contributed by atoms with Gasteiger partial charge in [0.05, 0.1) is 23.1 Å². The number of fused-ring (bicyclic) bond motifs is 1. The van der Waals surface area contributed by atoms with E-state index >= 15 is 0 Å². The third-order valence-corrected chi connectivity index (χ3v) is 10.5. The molecule has 2 aliphatic heterocycles.